The molecule has 4 aromatic rings. The Morgan fingerprint density at radius 1 is 0.919 bits per heavy atom. The molecule has 5 rings (SSSR count). The summed E-state index contributed by atoms with van der Waals surface area (Å²) in [4.78, 5) is 26.6. The van der Waals surface area contributed by atoms with E-state index in [0.717, 1.165) is 60.8 Å². The fourth-order valence-corrected chi connectivity index (χ4v) is 4.13. The topological polar surface area (TPSA) is 83.1 Å². The number of aliphatic carboxylic acids is 1. The van der Waals surface area contributed by atoms with E-state index >= 15 is 0 Å². The third-order valence-corrected chi connectivity index (χ3v) is 6.03. The van der Waals surface area contributed by atoms with Gasteiger partial charge in [0, 0.05) is 32.0 Å². The molecular formula is C26H26F3N5O3. The van der Waals surface area contributed by atoms with Crippen LogP contribution in [0.2, 0.25) is 0 Å². The lowest BCUT2D eigenvalue weighted by molar-refractivity contribution is -0.192. The largest absolute Gasteiger partial charge is 0.490 e. The Balaban J connectivity index is 0.000000405. The highest BCUT2D eigenvalue weighted by Crippen LogP contribution is 2.27. The second-order valence-corrected chi connectivity index (χ2v) is 8.63. The van der Waals surface area contributed by atoms with Crippen molar-refractivity contribution in [3.8, 4) is 17.1 Å². The number of carboxylic acids is 1. The third-order valence-electron chi connectivity index (χ3n) is 6.03. The van der Waals surface area contributed by atoms with Gasteiger partial charge < -0.3 is 19.3 Å². The number of benzene rings is 1. The monoisotopic (exact) mass is 513 g/mol. The average molecular weight is 514 g/mol. The number of nitrogens with zero attached hydrogens (tertiary/aromatic N) is 5. The van der Waals surface area contributed by atoms with Crippen LogP contribution in [-0.4, -0.2) is 80.4 Å². The number of aromatic nitrogens is 3. The number of alkyl halides is 3. The molecule has 1 fully saturated rings. The predicted octanol–water partition coefficient (Wildman–Crippen LogP) is 4.20. The van der Waals surface area contributed by atoms with Gasteiger partial charge in [0.2, 0.25) is 0 Å². The van der Waals surface area contributed by atoms with Gasteiger partial charge in [0.1, 0.15) is 5.69 Å². The maximum atomic E-state index is 13.4. The average Bonchev–Trinajstić information content (AvgIpc) is 3.45. The molecule has 1 aromatic carbocycles. The molecule has 0 atom stereocenters. The van der Waals surface area contributed by atoms with Gasteiger partial charge in [-0.1, -0.05) is 24.3 Å². The number of fused-ring (bicyclic) bond motifs is 1. The van der Waals surface area contributed by atoms with Crippen molar-refractivity contribution in [3.63, 3.8) is 0 Å². The van der Waals surface area contributed by atoms with Crippen LogP contribution in [0.4, 0.5) is 13.2 Å². The lowest BCUT2D eigenvalue weighted by atomic mass is 10.2. The zero-order valence-electron chi connectivity index (χ0n) is 20.1. The fourth-order valence-electron chi connectivity index (χ4n) is 4.13. The van der Waals surface area contributed by atoms with Crippen LogP contribution in [-0.2, 0) is 4.79 Å². The molecule has 1 amide bonds. The van der Waals surface area contributed by atoms with Crippen LogP contribution in [0.5, 0.6) is 0 Å². The minimum Gasteiger partial charge on any atom is -0.475 e. The minimum absolute atomic E-state index is 0.0998. The zero-order valence-corrected chi connectivity index (χ0v) is 20.1. The van der Waals surface area contributed by atoms with E-state index in [9.17, 15) is 18.0 Å². The molecule has 8 nitrogen and oxygen atoms in total. The molecule has 4 heterocycles. The maximum absolute atomic E-state index is 13.4. The Morgan fingerprint density at radius 2 is 1.62 bits per heavy atom. The maximum Gasteiger partial charge on any atom is 0.490 e. The molecule has 0 bridgehead atoms. The minimum atomic E-state index is -5.08. The van der Waals surface area contributed by atoms with E-state index in [1.807, 2.05) is 82.6 Å². The second-order valence-electron chi connectivity index (χ2n) is 8.63. The Hall–Kier alpha value is -4.12. The van der Waals surface area contributed by atoms with Gasteiger partial charge in [-0.05, 0) is 56.4 Å². The summed E-state index contributed by atoms with van der Waals surface area (Å²) in [7, 11) is 2.11. The number of amides is 1. The SMILES string of the molecule is CN1CCCN(C(=O)c2cc(-c3ccn(-c4ccccc4)n3)n3ccccc23)CC1.O=C(O)C(F)(F)F. The van der Waals surface area contributed by atoms with Crippen molar-refractivity contribution < 1.29 is 27.9 Å². The smallest absolute Gasteiger partial charge is 0.475 e. The van der Waals surface area contributed by atoms with Crippen LogP contribution in [0.3, 0.4) is 0 Å². The van der Waals surface area contributed by atoms with Gasteiger partial charge in [-0.2, -0.15) is 18.3 Å². The van der Waals surface area contributed by atoms with Crippen LogP contribution in [0.1, 0.15) is 16.8 Å². The summed E-state index contributed by atoms with van der Waals surface area (Å²) in [6, 6.07) is 20.0. The molecule has 37 heavy (non-hydrogen) atoms. The van der Waals surface area contributed by atoms with E-state index in [0.29, 0.717) is 0 Å². The van der Waals surface area contributed by atoms with Gasteiger partial charge >= 0.3 is 12.1 Å². The zero-order chi connectivity index (χ0) is 26.6. The standard InChI is InChI=1S/C24H25N5O.C2HF3O2/c1-26-12-7-13-27(17-16-26)24(30)20-18-23(28-14-6-5-10-22(20)28)21-11-15-29(25-21)19-8-3-2-4-9-19;3-2(4,5)1(6)7/h2-6,8-11,14-15,18H,7,12-13,16-17H2,1H3;(H,6,7). The van der Waals surface area contributed by atoms with Crippen molar-refractivity contribution in [1.82, 2.24) is 24.0 Å². The summed E-state index contributed by atoms with van der Waals surface area (Å²) in [5.41, 5.74) is 4.44. The van der Waals surface area contributed by atoms with E-state index in [1.54, 1.807) is 0 Å². The fraction of sp³-hybridized carbons (Fsp3) is 0.269. The number of carboxylic acid groups (broad SMARTS) is 1. The van der Waals surface area contributed by atoms with Crippen molar-refractivity contribution >= 4 is 17.4 Å². The van der Waals surface area contributed by atoms with Crippen LogP contribution >= 0.6 is 0 Å². The first-order valence-electron chi connectivity index (χ1n) is 11.6. The molecule has 1 aliphatic heterocycles. The van der Waals surface area contributed by atoms with Crippen molar-refractivity contribution in [3.05, 3.63) is 78.6 Å². The quantitative estimate of drug-likeness (QED) is 0.444. The number of hydrogen-bond acceptors (Lipinski definition) is 4. The van der Waals surface area contributed by atoms with E-state index in [-0.39, 0.29) is 5.91 Å². The van der Waals surface area contributed by atoms with Gasteiger partial charge in [0.25, 0.3) is 5.91 Å². The van der Waals surface area contributed by atoms with Crippen molar-refractivity contribution in [1.29, 1.82) is 0 Å². The van der Waals surface area contributed by atoms with Gasteiger partial charge in [-0.3, -0.25) is 4.79 Å². The van der Waals surface area contributed by atoms with Gasteiger partial charge in [0.15, 0.2) is 0 Å². The van der Waals surface area contributed by atoms with Crippen LogP contribution < -0.4 is 0 Å². The van der Waals surface area contributed by atoms with Crippen molar-refractivity contribution in [2.75, 3.05) is 33.2 Å². The van der Waals surface area contributed by atoms with E-state index in [2.05, 4.69) is 16.3 Å². The molecular weight excluding hydrogens is 487 g/mol. The highest BCUT2D eigenvalue weighted by atomic mass is 19.4. The molecule has 0 aliphatic carbocycles. The summed E-state index contributed by atoms with van der Waals surface area (Å²) in [5.74, 6) is -2.66. The lowest BCUT2D eigenvalue weighted by Crippen LogP contribution is -2.34. The number of likely N-dealkylation sites (N-methyl/N-ethyl adjacent to an activating group) is 1. The van der Waals surface area contributed by atoms with E-state index in [1.165, 1.54) is 0 Å². The first-order chi connectivity index (χ1) is 17.6. The summed E-state index contributed by atoms with van der Waals surface area (Å²) in [5, 5.41) is 11.9. The van der Waals surface area contributed by atoms with Crippen molar-refractivity contribution in [2.45, 2.75) is 12.6 Å². The van der Waals surface area contributed by atoms with E-state index < -0.39 is 12.1 Å². The predicted molar refractivity (Wildman–Crippen MR) is 132 cm³/mol. The first kappa shape index (κ1) is 26.0. The summed E-state index contributed by atoms with van der Waals surface area (Å²) in [6.45, 7) is 3.50. The molecule has 0 spiro atoms. The number of carbonyl (C=O) groups excluding carboxylic acids is 1. The third kappa shape index (κ3) is 6.00. The molecule has 0 radical (unpaired) electrons. The number of pyridine rings is 1. The molecule has 1 aliphatic rings. The van der Waals surface area contributed by atoms with Gasteiger partial charge in [-0.15, -0.1) is 0 Å². The molecule has 3 aromatic heterocycles. The molecule has 0 saturated carbocycles. The van der Waals surface area contributed by atoms with Crippen molar-refractivity contribution in [2.24, 2.45) is 0 Å². The molecule has 1 N–H and O–H groups in total. The van der Waals surface area contributed by atoms with Gasteiger partial charge in [0.05, 0.1) is 22.5 Å². The Labute approximate surface area is 211 Å². The normalized spacial score (nSPS) is 14.6. The summed E-state index contributed by atoms with van der Waals surface area (Å²) >= 11 is 0. The van der Waals surface area contributed by atoms with E-state index in [4.69, 9.17) is 15.0 Å². The molecule has 194 valence electrons. The number of halogens is 3. The Bertz CT molecular complexity index is 1380. The number of carbonyl (C=O) groups is 2. The van der Waals surface area contributed by atoms with Crippen LogP contribution in [0, 0.1) is 0 Å². The summed E-state index contributed by atoms with van der Waals surface area (Å²) in [6.07, 6.45) is -0.124. The van der Waals surface area contributed by atoms with Crippen LogP contribution in [0.25, 0.3) is 22.6 Å². The molecule has 11 heteroatoms. The summed E-state index contributed by atoms with van der Waals surface area (Å²) < 4.78 is 35.7. The number of hydrogen-bond donors (Lipinski definition) is 1. The number of para-hydroxylation sites is 1. The molecule has 1 saturated heterocycles. The number of rotatable bonds is 3. The Kier molecular flexibility index (Phi) is 7.63. The highest BCUT2D eigenvalue weighted by molar-refractivity contribution is 6.02. The van der Waals surface area contributed by atoms with Gasteiger partial charge in [-0.25, -0.2) is 9.48 Å². The first-order valence-corrected chi connectivity index (χ1v) is 11.6. The molecule has 0 unspecified atom stereocenters. The Morgan fingerprint density at radius 3 is 2.32 bits per heavy atom. The highest BCUT2D eigenvalue weighted by Gasteiger charge is 2.38. The van der Waals surface area contributed by atoms with Crippen LogP contribution in [0.15, 0.2) is 73.1 Å². The lowest BCUT2D eigenvalue weighted by Gasteiger charge is -2.20. The second kappa shape index (κ2) is 10.9.